The molecular weight excluding hydrogens is 324 g/mol. The summed E-state index contributed by atoms with van der Waals surface area (Å²) in [6.07, 6.45) is 2.80. The van der Waals surface area contributed by atoms with Crippen molar-refractivity contribution in [3.05, 3.63) is 46.1 Å². The Bertz CT molecular complexity index is 879. The second-order valence-corrected chi connectivity index (χ2v) is 7.40. The van der Waals surface area contributed by atoms with Crippen molar-refractivity contribution in [1.82, 2.24) is 19.6 Å². The van der Waals surface area contributed by atoms with Crippen molar-refractivity contribution in [2.75, 3.05) is 13.1 Å². The summed E-state index contributed by atoms with van der Waals surface area (Å²) in [5.74, 6) is 1.41. The van der Waals surface area contributed by atoms with Gasteiger partial charge in [-0.15, -0.1) is 11.3 Å². The number of carbonyl (C=O) groups excluding carboxylic acids is 1. The first-order valence-corrected chi connectivity index (χ1v) is 8.74. The van der Waals surface area contributed by atoms with Crippen LogP contribution in [0.15, 0.2) is 35.0 Å². The van der Waals surface area contributed by atoms with Crippen LogP contribution in [-0.4, -0.2) is 38.6 Å². The molecule has 0 saturated carbocycles. The number of rotatable bonds is 3. The highest BCUT2D eigenvalue weighted by Gasteiger charge is 2.32. The van der Waals surface area contributed by atoms with E-state index in [1.54, 1.807) is 0 Å². The zero-order valence-electron chi connectivity index (χ0n) is 13.6. The average molecular weight is 342 g/mol. The van der Waals surface area contributed by atoms with Gasteiger partial charge < -0.3 is 14.0 Å². The third-order valence-electron chi connectivity index (χ3n) is 4.39. The Morgan fingerprint density at radius 1 is 1.38 bits per heavy atom. The largest absolute Gasteiger partial charge is 0.348 e. The fraction of sp³-hybridized carbons (Fsp3) is 0.353. The zero-order valence-corrected chi connectivity index (χ0v) is 14.4. The standard InChI is InChI=1S/C17H18N4O2S/c1-11-5-6-14(24-11)17(22)21-9-7-12(10-21)16-18-15(19-23-16)13-4-3-8-20(13)2/h3-6,8,12H,7,9-10H2,1-2H3. The van der Waals surface area contributed by atoms with E-state index in [2.05, 4.69) is 10.1 Å². The van der Waals surface area contributed by atoms with Crippen LogP contribution in [0.4, 0.5) is 0 Å². The van der Waals surface area contributed by atoms with E-state index in [4.69, 9.17) is 4.52 Å². The monoisotopic (exact) mass is 342 g/mol. The van der Waals surface area contributed by atoms with Gasteiger partial charge in [-0.3, -0.25) is 4.79 Å². The van der Waals surface area contributed by atoms with E-state index in [1.807, 2.05) is 53.9 Å². The second-order valence-electron chi connectivity index (χ2n) is 6.11. The number of carbonyl (C=O) groups is 1. The predicted molar refractivity (Wildman–Crippen MR) is 91.0 cm³/mol. The molecule has 1 aliphatic heterocycles. The molecule has 4 rings (SSSR count). The van der Waals surface area contributed by atoms with E-state index >= 15 is 0 Å². The molecule has 4 heterocycles. The van der Waals surface area contributed by atoms with E-state index in [0.29, 0.717) is 18.3 Å². The van der Waals surface area contributed by atoms with Crippen LogP contribution in [0.1, 0.15) is 32.8 Å². The molecule has 0 aliphatic carbocycles. The van der Waals surface area contributed by atoms with Gasteiger partial charge in [0.2, 0.25) is 11.7 Å². The fourth-order valence-electron chi connectivity index (χ4n) is 3.05. The highest BCUT2D eigenvalue weighted by atomic mass is 32.1. The Morgan fingerprint density at radius 3 is 2.96 bits per heavy atom. The van der Waals surface area contributed by atoms with E-state index in [-0.39, 0.29) is 11.8 Å². The lowest BCUT2D eigenvalue weighted by Crippen LogP contribution is -2.27. The Kier molecular flexibility index (Phi) is 3.72. The number of aromatic nitrogens is 3. The molecule has 1 aliphatic rings. The van der Waals surface area contributed by atoms with Gasteiger partial charge in [0.05, 0.1) is 16.5 Å². The Morgan fingerprint density at radius 2 is 2.25 bits per heavy atom. The third-order valence-corrected chi connectivity index (χ3v) is 5.38. The Labute approximate surface area is 143 Å². The van der Waals surface area contributed by atoms with Crippen LogP contribution in [0, 0.1) is 6.92 Å². The van der Waals surface area contributed by atoms with Crippen LogP contribution in [0.2, 0.25) is 0 Å². The summed E-state index contributed by atoms with van der Waals surface area (Å²) in [5.41, 5.74) is 0.921. The molecule has 1 amide bonds. The molecule has 3 aromatic rings. The number of hydrogen-bond acceptors (Lipinski definition) is 5. The third kappa shape index (κ3) is 2.65. The maximum absolute atomic E-state index is 12.5. The summed E-state index contributed by atoms with van der Waals surface area (Å²) < 4.78 is 7.41. The molecular formula is C17H18N4O2S. The highest BCUT2D eigenvalue weighted by Crippen LogP contribution is 2.29. The summed E-state index contributed by atoms with van der Waals surface area (Å²) in [5, 5.41) is 4.09. The molecule has 1 unspecified atom stereocenters. The molecule has 0 N–H and O–H groups in total. The van der Waals surface area contributed by atoms with Crippen molar-refractivity contribution >= 4 is 17.2 Å². The van der Waals surface area contributed by atoms with Crippen molar-refractivity contribution in [3.8, 4) is 11.5 Å². The summed E-state index contributed by atoms with van der Waals surface area (Å²) in [7, 11) is 1.95. The van der Waals surface area contributed by atoms with Crippen LogP contribution in [0.5, 0.6) is 0 Å². The van der Waals surface area contributed by atoms with E-state index in [0.717, 1.165) is 28.4 Å². The SMILES string of the molecule is Cc1ccc(C(=O)N2CCC(c3nc(-c4cccn4C)no3)C2)s1. The van der Waals surface area contributed by atoms with Crippen molar-refractivity contribution in [2.24, 2.45) is 7.05 Å². The van der Waals surface area contributed by atoms with E-state index < -0.39 is 0 Å². The lowest BCUT2D eigenvalue weighted by atomic mass is 10.1. The van der Waals surface area contributed by atoms with Gasteiger partial charge >= 0.3 is 0 Å². The Hall–Kier alpha value is -2.41. The molecule has 24 heavy (non-hydrogen) atoms. The van der Waals surface area contributed by atoms with Crippen LogP contribution < -0.4 is 0 Å². The number of nitrogens with zero attached hydrogens (tertiary/aromatic N) is 4. The van der Waals surface area contributed by atoms with Crippen LogP contribution in [0.25, 0.3) is 11.5 Å². The minimum atomic E-state index is 0.0952. The summed E-state index contributed by atoms with van der Waals surface area (Å²) in [6.45, 7) is 3.37. The fourth-order valence-corrected chi connectivity index (χ4v) is 3.89. The van der Waals surface area contributed by atoms with E-state index in [1.165, 1.54) is 11.3 Å². The minimum Gasteiger partial charge on any atom is -0.348 e. The predicted octanol–water partition coefficient (Wildman–Crippen LogP) is 3.07. The van der Waals surface area contributed by atoms with Crippen LogP contribution >= 0.6 is 11.3 Å². The van der Waals surface area contributed by atoms with Gasteiger partial charge in [-0.25, -0.2) is 0 Å². The zero-order chi connectivity index (χ0) is 16.7. The topological polar surface area (TPSA) is 64.2 Å². The molecule has 1 fully saturated rings. The minimum absolute atomic E-state index is 0.0952. The van der Waals surface area contributed by atoms with Gasteiger partial charge in [-0.2, -0.15) is 4.98 Å². The van der Waals surface area contributed by atoms with Gasteiger partial charge in [-0.1, -0.05) is 5.16 Å². The molecule has 3 aromatic heterocycles. The number of aryl methyl sites for hydroxylation is 2. The smallest absolute Gasteiger partial charge is 0.263 e. The van der Waals surface area contributed by atoms with Crippen molar-refractivity contribution in [2.45, 2.75) is 19.3 Å². The molecule has 0 aromatic carbocycles. The molecule has 1 saturated heterocycles. The summed E-state index contributed by atoms with van der Waals surface area (Å²) in [6, 6.07) is 7.79. The summed E-state index contributed by atoms with van der Waals surface area (Å²) in [4.78, 5) is 20.9. The second kappa shape index (κ2) is 5.90. The van der Waals surface area contributed by atoms with Gasteiger partial charge in [0.1, 0.15) is 0 Å². The van der Waals surface area contributed by atoms with Crippen molar-refractivity contribution in [3.63, 3.8) is 0 Å². The molecule has 124 valence electrons. The average Bonchev–Trinajstić information content (AvgIpc) is 3.33. The maximum Gasteiger partial charge on any atom is 0.263 e. The molecule has 0 bridgehead atoms. The quantitative estimate of drug-likeness (QED) is 0.734. The van der Waals surface area contributed by atoms with Gasteiger partial charge in [0, 0.05) is 31.2 Å². The normalized spacial score (nSPS) is 17.6. The molecule has 0 radical (unpaired) electrons. The lowest BCUT2D eigenvalue weighted by Gasteiger charge is -2.14. The Balaban J connectivity index is 1.48. The maximum atomic E-state index is 12.5. The number of thiophene rings is 1. The first-order chi connectivity index (χ1) is 11.6. The van der Waals surface area contributed by atoms with Crippen LogP contribution in [0.3, 0.4) is 0 Å². The molecule has 6 nitrogen and oxygen atoms in total. The number of hydrogen-bond donors (Lipinski definition) is 0. The molecule has 0 spiro atoms. The lowest BCUT2D eigenvalue weighted by molar-refractivity contribution is 0.0794. The first kappa shape index (κ1) is 15.1. The molecule has 1 atom stereocenters. The first-order valence-electron chi connectivity index (χ1n) is 7.93. The number of amides is 1. The van der Waals surface area contributed by atoms with Crippen molar-refractivity contribution < 1.29 is 9.32 Å². The van der Waals surface area contributed by atoms with E-state index in [9.17, 15) is 4.79 Å². The van der Waals surface area contributed by atoms with Gasteiger partial charge in [-0.05, 0) is 37.6 Å². The molecule has 7 heteroatoms. The summed E-state index contributed by atoms with van der Waals surface area (Å²) >= 11 is 1.54. The van der Waals surface area contributed by atoms with Crippen LogP contribution in [-0.2, 0) is 7.05 Å². The van der Waals surface area contributed by atoms with Gasteiger partial charge in [0.15, 0.2) is 0 Å². The highest BCUT2D eigenvalue weighted by molar-refractivity contribution is 7.13. The van der Waals surface area contributed by atoms with Gasteiger partial charge in [0.25, 0.3) is 5.91 Å². The van der Waals surface area contributed by atoms with Crippen molar-refractivity contribution in [1.29, 1.82) is 0 Å². The number of likely N-dealkylation sites (tertiary alicyclic amines) is 1.